The van der Waals surface area contributed by atoms with Gasteiger partial charge < -0.3 is 9.47 Å². The first-order chi connectivity index (χ1) is 9.22. The van der Waals surface area contributed by atoms with Crippen LogP contribution in [0.15, 0.2) is 52.5 Å². The van der Waals surface area contributed by atoms with Crippen molar-refractivity contribution < 1.29 is 14.3 Å². The van der Waals surface area contributed by atoms with Gasteiger partial charge in [-0.1, -0.05) is 11.8 Å². The molecule has 0 aliphatic rings. The van der Waals surface area contributed by atoms with Crippen LogP contribution in [0.4, 0.5) is 0 Å². The molecule has 0 unspecified atom stereocenters. The quantitative estimate of drug-likeness (QED) is 0.803. The smallest absolute Gasteiger partial charge is 0.337 e. The summed E-state index contributed by atoms with van der Waals surface area (Å²) in [6.07, 6.45) is 1.60. The average molecular weight is 275 g/mol. The number of aromatic nitrogens is 1. The molecule has 98 valence electrons. The van der Waals surface area contributed by atoms with E-state index in [0.717, 1.165) is 15.7 Å². The number of nitrogens with zero attached hydrogens (tertiary/aromatic N) is 1. The number of rotatable bonds is 4. The van der Waals surface area contributed by atoms with Crippen LogP contribution < -0.4 is 4.74 Å². The maximum absolute atomic E-state index is 11.4. The van der Waals surface area contributed by atoms with Gasteiger partial charge in [-0.25, -0.2) is 9.78 Å². The van der Waals surface area contributed by atoms with Crippen molar-refractivity contribution in [1.29, 1.82) is 0 Å². The van der Waals surface area contributed by atoms with Gasteiger partial charge in [-0.3, -0.25) is 0 Å². The zero-order valence-electron chi connectivity index (χ0n) is 10.6. The van der Waals surface area contributed by atoms with Gasteiger partial charge in [0.05, 0.1) is 19.8 Å². The Hall–Kier alpha value is -2.01. The molecule has 5 heteroatoms. The van der Waals surface area contributed by atoms with E-state index in [2.05, 4.69) is 9.72 Å². The number of ether oxygens (including phenoxy) is 2. The molecule has 0 saturated heterocycles. The van der Waals surface area contributed by atoms with E-state index in [1.807, 2.05) is 24.3 Å². The second-order valence-electron chi connectivity index (χ2n) is 3.65. The fourth-order valence-corrected chi connectivity index (χ4v) is 2.29. The predicted molar refractivity (Wildman–Crippen MR) is 72.7 cm³/mol. The lowest BCUT2D eigenvalue weighted by atomic mass is 10.3. The van der Waals surface area contributed by atoms with Crippen LogP contribution in [0.25, 0.3) is 0 Å². The normalized spacial score (nSPS) is 10.0. The topological polar surface area (TPSA) is 48.4 Å². The highest BCUT2D eigenvalue weighted by Gasteiger charge is 2.07. The number of methoxy groups -OCH3 is 2. The van der Waals surface area contributed by atoms with Crippen LogP contribution in [0.3, 0.4) is 0 Å². The van der Waals surface area contributed by atoms with E-state index in [-0.39, 0.29) is 5.97 Å². The highest BCUT2D eigenvalue weighted by molar-refractivity contribution is 7.99. The Labute approximate surface area is 115 Å². The summed E-state index contributed by atoms with van der Waals surface area (Å²) < 4.78 is 9.78. The molecule has 0 radical (unpaired) electrons. The van der Waals surface area contributed by atoms with Crippen LogP contribution in [0.5, 0.6) is 5.75 Å². The first-order valence-corrected chi connectivity index (χ1v) is 6.41. The standard InChI is InChI=1S/C14H13NO3S/c1-17-11-3-5-12(6-4-11)19-13-9-10(7-8-15-13)14(16)18-2/h3-9H,1-2H3. The zero-order valence-corrected chi connectivity index (χ0v) is 11.4. The third-order valence-corrected chi connectivity index (χ3v) is 3.38. The highest BCUT2D eigenvalue weighted by Crippen LogP contribution is 2.27. The van der Waals surface area contributed by atoms with Crippen LogP contribution in [-0.2, 0) is 4.74 Å². The van der Waals surface area contributed by atoms with Crippen molar-refractivity contribution in [2.45, 2.75) is 9.92 Å². The number of benzene rings is 1. The first kappa shape index (κ1) is 13.4. The molecular formula is C14H13NO3S. The summed E-state index contributed by atoms with van der Waals surface area (Å²) in [5, 5.41) is 0.744. The molecule has 0 fully saturated rings. The third kappa shape index (κ3) is 3.48. The second kappa shape index (κ2) is 6.24. The molecule has 2 rings (SSSR count). The monoisotopic (exact) mass is 275 g/mol. The summed E-state index contributed by atoms with van der Waals surface area (Å²) in [5.41, 5.74) is 0.494. The fraction of sp³-hybridized carbons (Fsp3) is 0.143. The van der Waals surface area contributed by atoms with Crippen LogP contribution in [0.2, 0.25) is 0 Å². The Morgan fingerprint density at radius 2 is 1.89 bits per heavy atom. The molecule has 1 aromatic carbocycles. The van der Waals surface area contributed by atoms with Crippen molar-refractivity contribution in [3.05, 3.63) is 48.2 Å². The van der Waals surface area contributed by atoms with Crippen molar-refractivity contribution in [1.82, 2.24) is 4.98 Å². The number of carbonyl (C=O) groups excluding carboxylic acids is 1. The molecule has 19 heavy (non-hydrogen) atoms. The molecule has 2 aromatic rings. The van der Waals surface area contributed by atoms with E-state index >= 15 is 0 Å². The summed E-state index contributed by atoms with van der Waals surface area (Å²) in [6.45, 7) is 0. The van der Waals surface area contributed by atoms with Gasteiger partial charge in [0, 0.05) is 11.1 Å². The molecular weight excluding hydrogens is 262 g/mol. The molecule has 0 bridgehead atoms. The average Bonchev–Trinajstić information content (AvgIpc) is 2.47. The van der Waals surface area contributed by atoms with Crippen LogP contribution >= 0.6 is 11.8 Å². The lowest BCUT2D eigenvalue weighted by molar-refractivity contribution is 0.0600. The van der Waals surface area contributed by atoms with Gasteiger partial charge in [0.15, 0.2) is 0 Å². The number of hydrogen-bond donors (Lipinski definition) is 0. The molecule has 1 heterocycles. The lowest BCUT2D eigenvalue weighted by Crippen LogP contribution is -2.01. The minimum absolute atomic E-state index is 0.362. The Morgan fingerprint density at radius 1 is 1.16 bits per heavy atom. The highest BCUT2D eigenvalue weighted by atomic mass is 32.2. The minimum atomic E-state index is -0.362. The minimum Gasteiger partial charge on any atom is -0.497 e. The van der Waals surface area contributed by atoms with Crippen molar-refractivity contribution in [3.63, 3.8) is 0 Å². The van der Waals surface area contributed by atoms with Crippen molar-refractivity contribution >= 4 is 17.7 Å². The van der Waals surface area contributed by atoms with E-state index in [1.54, 1.807) is 25.4 Å². The van der Waals surface area contributed by atoms with Gasteiger partial charge in [0.2, 0.25) is 0 Å². The van der Waals surface area contributed by atoms with E-state index in [9.17, 15) is 4.79 Å². The largest absolute Gasteiger partial charge is 0.497 e. The molecule has 0 amide bonds. The molecule has 0 spiro atoms. The number of hydrogen-bond acceptors (Lipinski definition) is 5. The van der Waals surface area contributed by atoms with Gasteiger partial charge in [0.25, 0.3) is 0 Å². The summed E-state index contributed by atoms with van der Waals surface area (Å²) in [6, 6.07) is 11.0. The van der Waals surface area contributed by atoms with Crippen molar-refractivity contribution in [2.75, 3.05) is 14.2 Å². The first-order valence-electron chi connectivity index (χ1n) is 5.59. The SMILES string of the molecule is COC(=O)c1ccnc(Sc2ccc(OC)cc2)c1. The Bertz CT molecular complexity index is 569. The van der Waals surface area contributed by atoms with E-state index < -0.39 is 0 Å². The van der Waals surface area contributed by atoms with Crippen LogP contribution in [0, 0.1) is 0 Å². The summed E-state index contributed by atoms with van der Waals surface area (Å²) in [7, 11) is 2.99. The van der Waals surface area contributed by atoms with Crippen LogP contribution in [-0.4, -0.2) is 25.2 Å². The second-order valence-corrected chi connectivity index (χ2v) is 4.75. The molecule has 0 N–H and O–H groups in total. The van der Waals surface area contributed by atoms with Crippen molar-refractivity contribution in [3.8, 4) is 5.75 Å². The van der Waals surface area contributed by atoms with Gasteiger partial charge in [0.1, 0.15) is 10.8 Å². The van der Waals surface area contributed by atoms with Gasteiger partial charge in [-0.15, -0.1) is 0 Å². The Morgan fingerprint density at radius 3 is 2.53 bits per heavy atom. The Balaban J connectivity index is 2.16. The predicted octanol–water partition coefficient (Wildman–Crippen LogP) is 3.03. The van der Waals surface area contributed by atoms with E-state index in [0.29, 0.717) is 5.56 Å². The zero-order chi connectivity index (χ0) is 13.7. The van der Waals surface area contributed by atoms with E-state index in [1.165, 1.54) is 18.9 Å². The maximum Gasteiger partial charge on any atom is 0.337 e. The molecule has 1 aromatic heterocycles. The summed E-state index contributed by atoms with van der Waals surface area (Å²) in [5.74, 6) is 0.444. The molecule has 4 nitrogen and oxygen atoms in total. The van der Waals surface area contributed by atoms with Gasteiger partial charge >= 0.3 is 5.97 Å². The third-order valence-electron chi connectivity index (χ3n) is 2.44. The molecule has 0 aliphatic heterocycles. The summed E-state index contributed by atoms with van der Waals surface area (Å²) in [4.78, 5) is 16.7. The van der Waals surface area contributed by atoms with Gasteiger partial charge in [-0.2, -0.15) is 0 Å². The number of esters is 1. The van der Waals surface area contributed by atoms with E-state index in [4.69, 9.17) is 4.74 Å². The number of pyridine rings is 1. The number of carbonyl (C=O) groups is 1. The van der Waals surface area contributed by atoms with Crippen molar-refractivity contribution in [2.24, 2.45) is 0 Å². The summed E-state index contributed by atoms with van der Waals surface area (Å²) >= 11 is 1.47. The van der Waals surface area contributed by atoms with Crippen LogP contribution in [0.1, 0.15) is 10.4 Å². The van der Waals surface area contributed by atoms with Gasteiger partial charge in [-0.05, 0) is 36.4 Å². The lowest BCUT2D eigenvalue weighted by Gasteiger charge is -2.04. The molecule has 0 atom stereocenters. The molecule has 0 saturated carbocycles. The fourth-order valence-electron chi connectivity index (χ4n) is 1.47. The Kier molecular flexibility index (Phi) is 4.41. The molecule has 0 aliphatic carbocycles. The maximum atomic E-state index is 11.4.